The molecule has 0 saturated carbocycles. The first-order valence-electron chi connectivity index (χ1n) is 7.91. The van der Waals surface area contributed by atoms with Crippen LogP contribution in [0.15, 0.2) is 59.6 Å². The SMILES string of the molecule is O=C(CSc1cccc2cccnc12)Nc1nc2cc([N+](=O)[O-])ccc2s1. The molecular formula is C18H12N4O3S2. The number of non-ortho nitro benzene ring substituents is 1. The third kappa shape index (κ3) is 3.74. The predicted molar refractivity (Wildman–Crippen MR) is 107 cm³/mol. The lowest BCUT2D eigenvalue weighted by atomic mass is 10.2. The van der Waals surface area contributed by atoms with Crippen molar-refractivity contribution in [2.75, 3.05) is 11.1 Å². The zero-order chi connectivity index (χ0) is 18.8. The Balaban J connectivity index is 1.46. The fraction of sp³-hybridized carbons (Fsp3) is 0.0556. The monoisotopic (exact) mass is 396 g/mol. The summed E-state index contributed by atoms with van der Waals surface area (Å²) in [6, 6.07) is 14.2. The van der Waals surface area contributed by atoms with E-state index in [1.54, 1.807) is 12.3 Å². The number of benzene rings is 2. The molecular weight excluding hydrogens is 384 g/mol. The number of rotatable bonds is 5. The molecule has 0 aliphatic carbocycles. The zero-order valence-electron chi connectivity index (χ0n) is 13.8. The van der Waals surface area contributed by atoms with Crippen LogP contribution in [-0.2, 0) is 4.79 Å². The number of nitro groups is 1. The van der Waals surface area contributed by atoms with Gasteiger partial charge < -0.3 is 5.32 Å². The Labute approximate surface area is 161 Å². The van der Waals surface area contributed by atoms with E-state index in [2.05, 4.69) is 15.3 Å². The number of amides is 1. The Hall–Kier alpha value is -3.04. The molecule has 0 aliphatic heterocycles. The normalized spacial score (nSPS) is 11.0. The number of pyridine rings is 1. The number of anilines is 1. The molecule has 0 spiro atoms. The second-order valence-corrected chi connectivity index (χ2v) is 7.64. The minimum atomic E-state index is -0.466. The number of nitro benzene ring substituents is 1. The zero-order valence-corrected chi connectivity index (χ0v) is 15.4. The van der Waals surface area contributed by atoms with Crippen molar-refractivity contribution in [1.82, 2.24) is 9.97 Å². The van der Waals surface area contributed by atoms with Crippen LogP contribution in [0.5, 0.6) is 0 Å². The molecule has 4 aromatic rings. The number of hydrogen-bond acceptors (Lipinski definition) is 7. The Bertz CT molecular complexity index is 1170. The topological polar surface area (TPSA) is 98.0 Å². The third-order valence-electron chi connectivity index (χ3n) is 3.78. The van der Waals surface area contributed by atoms with Crippen LogP contribution in [0.2, 0.25) is 0 Å². The maximum Gasteiger partial charge on any atom is 0.271 e. The van der Waals surface area contributed by atoms with Crippen LogP contribution in [0.4, 0.5) is 10.8 Å². The first-order chi connectivity index (χ1) is 13.1. The molecule has 2 aromatic carbocycles. The van der Waals surface area contributed by atoms with Gasteiger partial charge in [0.25, 0.3) is 5.69 Å². The highest BCUT2D eigenvalue weighted by atomic mass is 32.2. The van der Waals surface area contributed by atoms with Crippen molar-refractivity contribution < 1.29 is 9.72 Å². The van der Waals surface area contributed by atoms with Crippen LogP contribution in [0.25, 0.3) is 21.1 Å². The predicted octanol–water partition coefficient (Wildman–Crippen LogP) is 4.48. The number of hydrogen-bond donors (Lipinski definition) is 1. The van der Waals surface area contributed by atoms with Crippen molar-refractivity contribution in [3.8, 4) is 0 Å². The molecule has 0 atom stereocenters. The number of aromatic nitrogens is 2. The summed E-state index contributed by atoms with van der Waals surface area (Å²) in [6.45, 7) is 0. The fourth-order valence-electron chi connectivity index (χ4n) is 2.57. The minimum absolute atomic E-state index is 0.0234. The van der Waals surface area contributed by atoms with E-state index in [9.17, 15) is 14.9 Å². The van der Waals surface area contributed by atoms with E-state index in [0.29, 0.717) is 10.6 Å². The van der Waals surface area contributed by atoms with Crippen LogP contribution in [0.1, 0.15) is 0 Å². The molecule has 4 rings (SSSR count). The molecule has 9 heteroatoms. The highest BCUT2D eigenvalue weighted by molar-refractivity contribution is 8.00. The van der Waals surface area contributed by atoms with Crippen LogP contribution < -0.4 is 5.32 Å². The third-order valence-corrected chi connectivity index (χ3v) is 5.78. The molecule has 134 valence electrons. The van der Waals surface area contributed by atoms with Crippen LogP contribution >= 0.6 is 23.1 Å². The molecule has 1 N–H and O–H groups in total. The number of thiazole rings is 1. The number of para-hydroxylation sites is 1. The second-order valence-electron chi connectivity index (χ2n) is 5.60. The summed E-state index contributed by atoms with van der Waals surface area (Å²) in [5.41, 5.74) is 1.34. The fourth-order valence-corrected chi connectivity index (χ4v) is 4.28. The summed E-state index contributed by atoms with van der Waals surface area (Å²) in [5.74, 6) is 0.0210. The maximum absolute atomic E-state index is 12.3. The molecule has 2 aromatic heterocycles. The molecule has 1 amide bonds. The average Bonchev–Trinajstić information content (AvgIpc) is 3.07. The van der Waals surface area contributed by atoms with Crippen molar-refractivity contribution in [3.05, 3.63) is 64.8 Å². The summed E-state index contributed by atoms with van der Waals surface area (Å²) >= 11 is 2.69. The average molecular weight is 396 g/mol. The van der Waals surface area contributed by atoms with E-state index in [1.165, 1.54) is 35.2 Å². The van der Waals surface area contributed by atoms with E-state index in [-0.39, 0.29) is 17.3 Å². The van der Waals surface area contributed by atoms with Crippen LogP contribution in [-0.4, -0.2) is 26.6 Å². The molecule has 0 aliphatic rings. The van der Waals surface area contributed by atoms with Gasteiger partial charge in [0.05, 0.1) is 26.4 Å². The number of nitrogens with one attached hydrogen (secondary N) is 1. The van der Waals surface area contributed by atoms with Gasteiger partial charge in [-0.05, 0) is 18.2 Å². The number of thioether (sulfide) groups is 1. The number of carbonyl (C=O) groups excluding carboxylic acids is 1. The Morgan fingerprint density at radius 2 is 2.07 bits per heavy atom. The largest absolute Gasteiger partial charge is 0.301 e. The van der Waals surface area contributed by atoms with Gasteiger partial charge in [-0.15, -0.1) is 11.8 Å². The lowest BCUT2D eigenvalue weighted by molar-refractivity contribution is -0.384. The van der Waals surface area contributed by atoms with Crippen LogP contribution in [0, 0.1) is 10.1 Å². The van der Waals surface area contributed by atoms with Crippen LogP contribution in [0.3, 0.4) is 0 Å². The minimum Gasteiger partial charge on any atom is -0.301 e. The van der Waals surface area contributed by atoms with Gasteiger partial charge in [-0.3, -0.25) is 19.9 Å². The highest BCUT2D eigenvalue weighted by Gasteiger charge is 2.13. The Morgan fingerprint density at radius 1 is 1.22 bits per heavy atom. The van der Waals surface area contributed by atoms with Gasteiger partial charge in [0.2, 0.25) is 5.91 Å². The van der Waals surface area contributed by atoms with Gasteiger partial charge in [-0.1, -0.05) is 29.5 Å². The van der Waals surface area contributed by atoms with Gasteiger partial charge in [0.15, 0.2) is 5.13 Å². The molecule has 0 bridgehead atoms. The van der Waals surface area contributed by atoms with Gasteiger partial charge in [0, 0.05) is 28.6 Å². The van der Waals surface area contributed by atoms with E-state index in [1.807, 2.05) is 30.3 Å². The van der Waals surface area contributed by atoms with E-state index in [0.717, 1.165) is 20.5 Å². The first kappa shape index (κ1) is 17.4. The number of fused-ring (bicyclic) bond motifs is 2. The summed E-state index contributed by atoms with van der Waals surface area (Å²) in [7, 11) is 0. The van der Waals surface area contributed by atoms with E-state index < -0.39 is 4.92 Å². The van der Waals surface area contributed by atoms with Crippen molar-refractivity contribution in [2.45, 2.75) is 4.90 Å². The lowest BCUT2D eigenvalue weighted by Gasteiger charge is -2.05. The molecule has 0 unspecified atom stereocenters. The van der Waals surface area contributed by atoms with Gasteiger partial charge in [0.1, 0.15) is 0 Å². The van der Waals surface area contributed by atoms with Gasteiger partial charge in [-0.25, -0.2) is 4.98 Å². The molecule has 2 heterocycles. The first-order valence-corrected chi connectivity index (χ1v) is 9.72. The molecule has 0 fully saturated rings. The second kappa shape index (κ2) is 7.29. The number of nitrogens with zero attached hydrogens (tertiary/aromatic N) is 3. The quantitative estimate of drug-likeness (QED) is 0.303. The smallest absolute Gasteiger partial charge is 0.271 e. The summed E-state index contributed by atoms with van der Waals surface area (Å²) in [5, 5.41) is 15.0. The van der Waals surface area contributed by atoms with Gasteiger partial charge >= 0.3 is 0 Å². The summed E-state index contributed by atoms with van der Waals surface area (Å²) in [6.07, 6.45) is 1.73. The van der Waals surface area contributed by atoms with E-state index in [4.69, 9.17) is 0 Å². The van der Waals surface area contributed by atoms with Gasteiger partial charge in [-0.2, -0.15) is 0 Å². The van der Waals surface area contributed by atoms with Crippen molar-refractivity contribution in [2.24, 2.45) is 0 Å². The highest BCUT2D eigenvalue weighted by Crippen LogP contribution is 2.30. The van der Waals surface area contributed by atoms with Crippen molar-refractivity contribution in [3.63, 3.8) is 0 Å². The Kier molecular flexibility index (Phi) is 4.69. The maximum atomic E-state index is 12.3. The van der Waals surface area contributed by atoms with Crippen molar-refractivity contribution in [1.29, 1.82) is 0 Å². The molecule has 0 saturated heterocycles. The molecule has 0 radical (unpaired) electrons. The summed E-state index contributed by atoms with van der Waals surface area (Å²) < 4.78 is 0.779. The molecule has 7 nitrogen and oxygen atoms in total. The van der Waals surface area contributed by atoms with Crippen molar-refractivity contribution >= 4 is 60.9 Å². The number of carbonyl (C=O) groups is 1. The molecule has 27 heavy (non-hydrogen) atoms. The summed E-state index contributed by atoms with van der Waals surface area (Å²) in [4.78, 5) is 32.2. The van der Waals surface area contributed by atoms with E-state index >= 15 is 0 Å². The Morgan fingerprint density at radius 3 is 2.93 bits per heavy atom. The standard InChI is InChI=1S/C18H12N4O3S2/c23-16(10-26-15-5-1-3-11-4-2-8-19-17(11)15)21-18-20-13-9-12(22(24)25)6-7-14(13)27-18/h1-9H,10H2,(H,20,21,23). The lowest BCUT2D eigenvalue weighted by Crippen LogP contribution is -2.13.